The Balaban J connectivity index is 0.000000366. The van der Waals surface area contributed by atoms with E-state index >= 15 is 0 Å². The van der Waals surface area contributed by atoms with E-state index in [9.17, 15) is 4.79 Å². The Morgan fingerprint density at radius 2 is 1.96 bits per heavy atom. The first-order chi connectivity index (χ1) is 11.8. The van der Waals surface area contributed by atoms with Crippen LogP contribution in [0.1, 0.15) is 20.8 Å². The minimum absolute atomic E-state index is 0. The number of benzene rings is 1. The van der Waals surface area contributed by atoms with E-state index in [1.165, 1.54) is 19.9 Å². The van der Waals surface area contributed by atoms with E-state index in [0.717, 1.165) is 22.2 Å². The van der Waals surface area contributed by atoms with Gasteiger partial charge in [0.05, 0.1) is 23.9 Å². The van der Waals surface area contributed by atoms with Crippen LogP contribution < -0.4 is 4.57 Å². The average molecular weight is 516 g/mol. The molecule has 2 heterocycles. The molecule has 4 nitrogen and oxygen atoms in total. The average Bonchev–Trinajstić information content (AvgIpc) is 2.88. The number of aliphatic hydroxyl groups excluding tert-OH is 1. The fraction of sp³-hybridized carbons (Fsp3) is 0.100. The molecule has 0 saturated heterocycles. The maximum Gasteiger partial charge on any atom is 0.155 e. The Morgan fingerprint density at radius 3 is 2.52 bits per heavy atom. The van der Waals surface area contributed by atoms with Crippen molar-refractivity contribution in [3.63, 3.8) is 0 Å². The number of carbonyl (C=O) groups is 1. The summed E-state index contributed by atoms with van der Waals surface area (Å²) < 4.78 is 14.7. The molecule has 5 heteroatoms. The molecule has 0 atom stereocenters. The fourth-order valence-corrected chi connectivity index (χ4v) is 2.32. The second-order valence-electron chi connectivity index (χ2n) is 5.33. The Morgan fingerprint density at radius 1 is 1.28 bits per heavy atom. The van der Waals surface area contributed by atoms with E-state index in [1.807, 2.05) is 36.5 Å². The maximum absolute atomic E-state index is 10.0. The molecule has 0 aliphatic rings. The van der Waals surface area contributed by atoms with Gasteiger partial charge in [-0.25, -0.2) is 0 Å². The van der Waals surface area contributed by atoms with Crippen molar-refractivity contribution in [2.45, 2.75) is 13.8 Å². The maximum atomic E-state index is 10.0. The van der Waals surface area contributed by atoms with Gasteiger partial charge in [-0.3, -0.25) is 4.79 Å². The molecule has 1 aromatic carbocycles. The zero-order valence-electron chi connectivity index (χ0n) is 15.1. The Labute approximate surface area is 162 Å². The van der Waals surface area contributed by atoms with E-state index in [2.05, 4.69) is 14.0 Å². The summed E-state index contributed by atoms with van der Waals surface area (Å²) >= 11 is 0. The normalized spacial score (nSPS) is 11.1. The third kappa shape index (κ3) is 5.24. The fourth-order valence-electron chi connectivity index (χ4n) is 2.32. The molecule has 0 amide bonds. The topological polar surface area (TPSA) is 54.3 Å². The number of carbonyl (C=O) groups excluding carboxylic acids is 1. The van der Waals surface area contributed by atoms with Crippen LogP contribution in [-0.2, 0) is 24.9 Å². The second-order valence-corrected chi connectivity index (χ2v) is 5.33. The largest absolute Gasteiger partial charge is 0.512 e. The van der Waals surface area contributed by atoms with Gasteiger partial charge in [0, 0.05) is 38.6 Å². The Bertz CT molecular complexity index is 943. The molecule has 0 unspecified atom stereocenters. The van der Waals surface area contributed by atoms with Gasteiger partial charge in [0.1, 0.15) is 6.95 Å². The zero-order valence-corrected chi connectivity index (χ0v) is 16.5. The molecule has 1 N–H and O–H groups in total. The van der Waals surface area contributed by atoms with Crippen LogP contribution in [0, 0.1) is 14.0 Å². The van der Waals surface area contributed by atoms with Crippen molar-refractivity contribution in [2.24, 2.45) is 0 Å². The molecular formula is C20H20IrNO3-. The van der Waals surface area contributed by atoms with Crippen molar-refractivity contribution >= 4 is 16.8 Å². The SMILES string of the molecule is CC(=O)C=C(C)O.[2H]c1cc2c(-c3ccccc3[CH2-])[n+]([CH2-])ccc2o1.[Ir]. The summed E-state index contributed by atoms with van der Waals surface area (Å²) in [4.78, 5) is 10.0. The summed E-state index contributed by atoms with van der Waals surface area (Å²) in [6, 6.07) is 11.4. The van der Waals surface area contributed by atoms with Crippen molar-refractivity contribution in [3.8, 4) is 11.3 Å². The van der Waals surface area contributed by atoms with Crippen molar-refractivity contribution in [1.29, 1.82) is 0 Å². The molecule has 3 rings (SSSR count). The van der Waals surface area contributed by atoms with Gasteiger partial charge in [0.25, 0.3) is 0 Å². The molecule has 0 aliphatic carbocycles. The minimum atomic E-state index is -0.125. The van der Waals surface area contributed by atoms with E-state index < -0.39 is 0 Å². The van der Waals surface area contributed by atoms with Crippen molar-refractivity contribution in [2.75, 3.05) is 0 Å². The van der Waals surface area contributed by atoms with Crippen LogP contribution in [0.4, 0.5) is 0 Å². The standard InChI is InChI=1S/C15H12NO.C5H8O2.Ir/c1-11-5-3-4-6-12(11)15-13-8-10-17-14(13)7-9-16(15)2;1-4(6)3-5(2)7;/h3-10H,1-2H2;3,6H,1-2H3;/q-1;;/i10D;;. The number of nitrogens with zero attached hydrogens (tertiary/aromatic N) is 1. The van der Waals surface area contributed by atoms with E-state index in [4.69, 9.17) is 10.9 Å². The molecule has 3 aromatic rings. The molecule has 0 aliphatic heterocycles. The van der Waals surface area contributed by atoms with Crippen LogP contribution in [0.15, 0.2) is 65.1 Å². The van der Waals surface area contributed by atoms with Gasteiger partial charge in [0.15, 0.2) is 5.78 Å². The molecule has 1 radical (unpaired) electrons. The van der Waals surface area contributed by atoms with Gasteiger partial charge in [-0.05, 0) is 26.0 Å². The molecule has 133 valence electrons. The molecule has 0 spiro atoms. The summed E-state index contributed by atoms with van der Waals surface area (Å²) in [7, 11) is 3.98. The van der Waals surface area contributed by atoms with Crippen LogP contribution >= 0.6 is 0 Å². The Hall–Kier alpha value is -2.49. The van der Waals surface area contributed by atoms with Gasteiger partial charge in [-0.15, -0.1) is 17.7 Å². The summed E-state index contributed by atoms with van der Waals surface area (Å²) in [6.45, 7) is 6.88. The van der Waals surface area contributed by atoms with Gasteiger partial charge in [-0.1, -0.05) is 6.07 Å². The molecule has 0 saturated carbocycles. The molecule has 25 heavy (non-hydrogen) atoms. The monoisotopic (exact) mass is 516 g/mol. The summed E-state index contributed by atoms with van der Waals surface area (Å²) in [5.74, 6) is -0.0625. The first kappa shape index (κ1) is 18.8. The van der Waals surface area contributed by atoms with Crippen molar-refractivity contribution in [3.05, 3.63) is 80.2 Å². The van der Waals surface area contributed by atoms with Gasteiger partial charge >= 0.3 is 0 Å². The molecule has 2 aromatic heterocycles. The number of hydrogen-bond donors (Lipinski definition) is 1. The quantitative estimate of drug-likeness (QED) is 0.240. The number of hydrogen-bond acceptors (Lipinski definition) is 3. The van der Waals surface area contributed by atoms with Crippen LogP contribution in [0.25, 0.3) is 22.2 Å². The first-order valence-corrected chi connectivity index (χ1v) is 7.34. The predicted octanol–water partition coefficient (Wildman–Crippen LogP) is 4.24. The molecule has 0 fully saturated rings. The van der Waals surface area contributed by atoms with Crippen molar-refractivity contribution in [1.82, 2.24) is 0 Å². The summed E-state index contributed by atoms with van der Waals surface area (Å²) in [6.07, 6.45) is 3.14. The van der Waals surface area contributed by atoms with Crippen LogP contribution in [-0.4, -0.2) is 10.9 Å². The van der Waals surface area contributed by atoms with E-state index in [1.54, 1.807) is 10.6 Å². The van der Waals surface area contributed by atoms with E-state index in [-0.39, 0.29) is 37.9 Å². The predicted molar refractivity (Wildman–Crippen MR) is 94.1 cm³/mol. The number of allylic oxidation sites excluding steroid dienone is 2. The number of fused-ring (bicyclic) bond motifs is 1. The first-order valence-electron chi connectivity index (χ1n) is 7.84. The molecular weight excluding hydrogens is 494 g/mol. The van der Waals surface area contributed by atoms with Crippen LogP contribution in [0.2, 0.25) is 0 Å². The second kappa shape index (κ2) is 9.11. The third-order valence-corrected chi connectivity index (χ3v) is 3.27. The van der Waals surface area contributed by atoms with Gasteiger partial charge < -0.3 is 14.1 Å². The Kier molecular flexibility index (Phi) is 6.87. The number of furan rings is 1. The van der Waals surface area contributed by atoms with Gasteiger partial charge in [0.2, 0.25) is 0 Å². The summed E-state index contributed by atoms with van der Waals surface area (Å²) in [5.41, 5.74) is 3.53. The van der Waals surface area contributed by atoms with Crippen LogP contribution in [0.5, 0.6) is 0 Å². The van der Waals surface area contributed by atoms with Crippen LogP contribution in [0.3, 0.4) is 0 Å². The number of aliphatic hydroxyl groups is 1. The molecule has 0 bridgehead atoms. The minimum Gasteiger partial charge on any atom is -0.512 e. The number of pyridine rings is 1. The number of rotatable bonds is 2. The summed E-state index contributed by atoms with van der Waals surface area (Å²) in [5, 5.41) is 9.25. The number of ketones is 1. The van der Waals surface area contributed by atoms with Crippen molar-refractivity contribution < 1.29 is 40.4 Å². The number of aromatic nitrogens is 1. The van der Waals surface area contributed by atoms with Gasteiger partial charge in [-0.2, -0.15) is 18.6 Å². The zero-order chi connectivity index (χ0) is 18.6. The van der Waals surface area contributed by atoms with E-state index in [0.29, 0.717) is 5.58 Å². The third-order valence-electron chi connectivity index (χ3n) is 3.27. The smallest absolute Gasteiger partial charge is 0.155 e.